The third-order valence-electron chi connectivity index (χ3n) is 6.50. The van der Waals surface area contributed by atoms with Crippen LogP contribution in [0.25, 0.3) is 10.9 Å². The summed E-state index contributed by atoms with van der Waals surface area (Å²) in [6, 6.07) is 11.2. The van der Waals surface area contributed by atoms with Gasteiger partial charge in [-0.3, -0.25) is 4.79 Å². The molecule has 4 rings (SSSR count). The van der Waals surface area contributed by atoms with E-state index in [0.717, 1.165) is 48.7 Å². The van der Waals surface area contributed by atoms with Gasteiger partial charge < -0.3 is 15.6 Å². The molecule has 4 nitrogen and oxygen atoms in total. The number of para-hydroxylation sites is 1. The first-order valence-electron chi connectivity index (χ1n) is 10.5. The summed E-state index contributed by atoms with van der Waals surface area (Å²) in [6.45, 7) is 0. The van der Waals surface area contributed by atoms with Crippen LogP contribution >= 0.6 is 0 Å². The molecule has 1 aliphatic carbocycles. The summed E-state index contributed by atoms with van der Waals surface area (Å²) < 4.78 is 27.4. The van der Waals surface area contributed by atoms with Crippen molar-refractivity contribution in [2.45, 2.75) is 44.2 Å². The molecule has 1 aliphatic rings. The van der Waals surface area contributed by atoms with Crippen molar-refractivity contribution in [1.82, 2.24) is 9.88 Å². The highest BCUT2D eigenvalue weighted by Crippen LogP contribution is 2.31. The molecule has 0 unspecified atom stereocenters. The van der Waals surface area contributed by atoms with Crippen molar-refractivity contribution in [2.75, 3.05) is 7.05 Å². The summed E-state index contributed by atoms with van der Waals surface area (Å²) in [4.78, 5) is 18.0. The van der Waals surface area contributed by atoms with E-state index >= 15 is 0 Å². The van der Waals surface area contributed by atoms with Crippen LogP contribution in [-0.2, 0) is 6.42 Å². The molecule has 1 amide bonds. The maximum Gasteiger partial charge on any atom is 0.256 e. The number of nitrogens with two attached hydrogens (primary N) is 1. The van der Waals surface area contributed by atoms with Crippen LogP contribution < -0.4 is 5.73 Å². The number of aromatic amines is 1. The molecule has 1 atom stereocenters. The first-order chi connectivity index (χ1) is 14.4. The van der Waals surface area contributed by atoms with Crippen LogP contribution in [0.4, 0.5) is 8.78 Å². The van der Waals surface area contributed by atoms with Gasteiger partial charge in [0.25, 0.3) is 5.91 Å². The highest BCUT2D eigenvalue weighted by atomic mass is 19.1. The van der Waals surface area contributed by atoms with Crippen LogP contribution in [0.5, 0.6) is 0 Å². The van der Waals surface area contributed by atoms with E-state index in [0.29, 0.717) is 17.5 Å². The molecule has 158 valence electrons. The normalized spacial score (nSPS) is 20.3. The molecule has 1 aromatic heterocycles. The average molecular weight is 411 g/mol. The Morgan fingerprint density at radius 3 is 2.67 bits per heavy atom. The van der Waals surface area contributed by atoms with Gasteiger partial charge in [0.05, 0.1) is 5.56 Å². The Bertz CT molecular complexity index is 1040. The second-order valence-electron chi connectivity index (χ2n) is 8.34. The number of benzene rings is 2. The third-order valence-corrected chi connectivity index (χ3v) is 6.50. The summed E-state index contributed by atoms with van der Waals surface area (Å²) in [5, 5.41) is 0.933. The molecule has 0 spiro atoms. The molecular formula is C24H27F2N3O. The zero-order chi connectivity index (χ0) is 21.3. The van der Waals surface area contributed by atoms with Crippen LogP contribution in [0.2, 0.25) is 0 Å². The van der Waals surface area contributed by atoms with Gasteiger partial charge in [0.2, 0.25) is 0 Å². The Labute approximate surface area is 175 Å². The molecule has 1 saturated carbocycles. The number of amides is 1. The standard InChI is InChI=1S/C24H27F2N3O/c1-29(24(30)20-14-28-23-5-3-2-4-19(20)23)18-9-6-15(7-10-18)22(27)13-16-12-17(25)8-11-21(16)26/h2-5,8,11-12,14-15,18,22,28H,6-7,9-10,13,27H2,1H3/t15?,18?,22-/m1/s1. The van der Waals surface area contributed by atoms with Crippen molar-refractivity contribution in [1.29, 1.82) is 0 Å². The lowest BCUT2D eigenvalue weighted by Crippen LogP contribution is -2.42. The Balaban J connectivity index is 1.36. The minimum atomic E-state index is -0.445. The van der Waals surface area contributed by atoms with E-state index in [-0.39, 0.29) is 23.9 Å². The number of aromatic nitrogens is 1. The number of rotatable bonds is 5. The monoisotopic (exact) mass is 411 g/mol. The van der Waals surface area contributed by atoms with Crippen LogP contribution in [0.1, 0.15) is 41.6 Å². The molecule has 0 radical (unpaired) electrons. The summed E-state index contributed by atoms with van der Waals surface area (Å²) in [5.74, 6) is -0.605. The fourth-order valence-electron chi connectivity index (χ4n) is 4.64. The number of nitrogens with one attached hydrogen (secondary N) is 1. The predicted octanol–water partition coefficient (Wildman–Crippen LogP) is 4.65. The second kappa shape index (κ2) is 8.56. The minimum Gasteiger partial charge on any atom is -0.360 e. The number of H-pyrrole nitrogens is 1. The summed E-state index contributed by atoms with van der Waals surface area (Å²) >= 11 is 0. The Morgan fingerprint density at radius 1 is 1.17 bits per heavy atom. The van der Waals surface area contributed by atoms with Crippen molar-refractivity contribution < 1.29 is 13.6 Å². The number of carbonyl (C=O) groups is 1. The molecule has 3 aromatic rings. The van der Waals surface area contributed by atoms with E-state index in [1.165, 1.54) is 6.07 Å². The van der Waals surface area contributed by atoms with E-state index in [1.54, 1.807) is 6.20 Å². The van der Waals surface area contributed by atoms with E-state index < -0.39 is 11.6 Å². The maximum absolute atomic E-state index is 13.9. The van der Waals surface area contributed by atoms with Crippen molar-refractivity contribution in [2.24, 2.45) is 11.7 Å². The van der Waals surface area contributed by atoms with Gasteiger partial charge in [0.1, 0.15) is 11.6 Å². The van der Waals surface area contributed by atoms with Gasteiger partial charge in [-0.15, -0.1) is 0 Å². The molecule has 3 N–H and O–H groups in total. The third kappa shape index (κ3) is 4.10. The smallest absolute Gasteiger partial charge is 0.256 e. The number of nitrogens with zero attached hydrogens (tertiary/aromatic N) is 1. The fourth-order valence-corrected chi connectivity index (χ4v) is 4.64. The Morgan fingerprint density at radius 2 is 1.90 bits per heavy atom. The number of hydrogen-bond acceptors (Lipinski definition) is 2. The largest absolute Gasteiger partial charge is 0.360 e. The second-order valence-corrected chi connectivity index (χ2v) is 8.34. The van der Waals surface area contributed by atoms with Crippen molar-refractivity contribution >= 4 is 16.8 Å². The number of halogens is 2. The van der Waals surface area contributed by atoms with Gasteiger partial charge in [-0.25, -0.2) is 8.78 Å². The summed E-state index contributed by atoms with van der Waals surface area (Å²) in [6.07, 6.45) is 5.55. The van der Waals surface area contributed by atoms with Crippen molar-refractivity contribution in [3.05, 3.63) is 71.4 Å². The minimum absolute atomic E-state index is 0.0158. The SMILES string of the molecule is CN(C(=O)c1c[nH]c2ccccc12)C1CCC([C@H](N)Cc2cc(F)ccc2F)CC1. The van der Waals surface area contributed by atoms with Gasteiger partial charge >= 0.3 is 0 Å². The molecule has 1 fully saturated rings. The molecule has 30 heavy (non-hydrogen) atoms. The van der Waals surface area contributed by atoms with Crippen LogP contribution in [0.3, 0.4) is 0 Å². The lowest BCUT2D eigenvalue weighted by atomic mass is 9.79. The zero-order valence-electron chi connectivity index (χ0n) is 17.1. The Kier molecular flexibility index (Phi) is 5.86. The van der Waals surface area contributed by atoms with Crippen LogP contribution in [-0.4, -0.2) is 34.9 Å². The van der Waals surface area contributed by atoms with Gasteiger partial charge in [-0.1, -0.05) is 18.2 Å². The first-order valence-corrected chi connectivity index (χ1v) is 10.5. The molecule has 0 bridgehead atoms. The quantitative estimate of drug-likeness (QED) is 0.642. The lowest BCUT2D eigenvalue weighted by Gasteiger charge is -2.36. The van der Waals surface area contributed by atoms with Gasteiger partial charge in [-0.05, 0) is 67.9 Å². The molecule has 6 heteroatoms. The summed E-state index contributed by atoms with van der Waals surface area (Å²) in [7, 11) is 1.86. The number of hydrogen-bond donors (Lipinski definition) is 2. The number of carbonyl (C=O) groups excluding carboxylic acids is 1. The molecule has 0 saturated heterocycles. The topological polar surface area (TPSA) is 62.1 Å². The van der Waals surface area contributed by atoms with E-state index in [9.17, 15) is 13.6 Å². The zero-order valence-corrected chi connectivity index (χ0v) is 17.1. The van der Waals surface area contributed by atoms with E-state index in [2.05, 4.69) is 4.98 Å². The average Bonchev–Trinajstić information content (AvgIpc) is 3.19. The molecule has 1 heterocycles. The lowest BCUT2D eigenvalue weighted by molar-refractivity contribution is 0.0670. The Hall–Kier alpha value is -2.73. The van der Waals surface area contributed by atoms with Gasteiger partial charge in [0.15, 0.2) is 0 Å². The molecule has 0 aliphatic heterocycles. The van der Waals surface area contributed by atoms with Crippen molar-refractivity contribution in [3.63, 3.8) is 0 Å². The fraction of sp³-hybridized carbons (Fsp3) is 0.375. The molecular weight excluding hydrogens is 384 g/mol. The van der Waals surface area contributed by atoms with Gasteiger partial charge in [0, 0.05) is 36.2 Å². The highest BCUT2D eigenvalue weighted by Gasteiger charge is 2.30. The molecule has 2 aromatic carbocycles. The summed E-state index contributed by atoms with van der Waals surface area (Å²) in [5.41, 5.74) is 8.32. The van der Waals surface area contributed by atoms with Crippen LogP contribution in [0.15, 0.2) is 48.7 Å². The predicted molar refractivity (Wildman–Crippen MR) is 114 cm³/mol. The number of fused-ring (bicyclic) bond motifs is 1. The van der Waals surface area contributed by atoms with Crippen LogP contribution in [0, 0.1) is 17.6 Å². The first kappa shape index (κ1) is 20.5. The van der Waals surface area contributed by atoms with Crippen molar-refractivity contribution in [3.8, 4) is 0 Å². The van der Waals surface area contributed by atoms with E-state index in [1.807, 2.05) is 36.2 Å². The van der Waals surface area contributed by atoms with Gasteiger partial charge in [-0.2, -0.15) is 0 Å². The van der Waals surface area contributed by atoms with E-state index in [4.69, 9.17) is 5.73 Å². The highest BCUT2D eigenvalue weighted by molar-refractivity contribution is 6.06. The maximum atomic E-state index is 13.9.